The van der Waals surface area contributed by atoms with Crippen LogP contribution in [0.1, 0.15) is 22.8 Å². The largest absolute Gasteiger partial charge is 0.372 e. The fourth-order valence-electron chi connectivity index (χ4n) is 2.08. The van der Waals surface area contributed by atoms with Gasteiger partial charge in [-0.1, -0.05) is 30.3 Å². The van der Waals surface area contributed by atoms with Gasteiger partial charge >= 0.3 is 0 Å². The Bertz CT molecular complexity index is 569. The summed E-state index contributed by atoms with van der Waals surface area (Å²) in [7, 11) is 1.77. The van der Waals surface area contributed by atoms with Gasteiger partial charge in [0.2, 0.25) is 0 Å². The molecule has 1 heterocycles. The molecule has 0 spiro atoms. The predicted molar refractivity (Wildman–Crippen MR) is 80.6 cm³/mol. The van der Waals surface area contributed by atoms with Crippen LogP contribution in [0.5, 0.6) is 0 Å². The maximum absolute atomic E-state index is 12.6. The van der Waals surface area contributed by atoms with Gasteiger partial charge in [0, 0.05) is 26.3 Å². The molecule has 4 nitrogen and oxygen atoms in total. The average molecular weight is 269 g/mol. The Morgan fingerprint density at radius 3 is 2.60 bits per heavy atom. The first-order valence-electron chi connectivity index (χ1n) is 6.72. The van der Waals surface area contributed by atoms with Crippen LogP contribution in [0.25, 0.3) is 0 Å². The number of amides is 1. The number of nitrogens with zero attached hydrogens (tertiary/aromatic N) is 2. The van der Waals surface area contributed by atoms with E-state index in [1.54, 1.807) is 25.4 Å². The molecule has 2 aromatic rings. The molecule has 2 rings (SSSR count). The number of hydrogen-bond donors (Lipinski definition) is 1. The van der Waals surface area contributed by atoms with Crippen molar-refractivity contribution >= 4 is 11.7 Å². The van der Waals surface area contributed by atoms with Gasteiger partial charge in [0.05, 0.1) is 5.56 Å². The van der Waals surface area contributed by atoms with E-state index in [2.05, 4.69) is 10.3 Å². The van der Waals surface area contributed by atoms with E-state index in [0.29, 0.717) is 24.5 Å². The van der Waals surface area contributed by atoms with E-state index < -0.39 is 0 Å². The van der Waals surface area contributed by atoms with Crippen molar-refractivity contribution < 1.29 is 4.79 Å². The van der Waals surface area contributed by atoms with Crippen molar-refractivity contribution in [2.45, 2.75) is 13.5 Å². The third-order valence-electron chi connectivity index (χ3n) is 3.16. The van der Waals surface area contributed by atoms with Crippen LogP contribution in [0.4, 0.5) is 5.82 Å². The molecule has 0 fully saturated rings. The summed E-state index contributed by atoms with van der Waals surface area (Å²) in [5, 5.41) is 2.96. The highest BCUT2D eigenvalue weighted by Gasteiger charge is 2.17. The molecule has 0 aliphatic carbocycles. The number of rotatable bonds is 5. The maximum Gasteiger partial charge on any atom is 0.257 e. The summed E-state index contributed by atoms with van der Waals surface area (Å²) in [5.74, 6) is 0.609. The quantitative estimate of drug-likeness (QED) is 0.907. The monoisotopic (exact) mass is 269 g/mol. The fourth-order valence-corrected chi connectivity index (χ4v) is 2.08. The Labute approximate surface area is 119 Å². The van der Waals surface area contributed by atoms with E-state index in [4.69, 9.17) is 0 Å². The summed E-state index contributed by atoms with van der Waals surface area (Å²) < 4.78 is 0. The fraction of sp³-hybridized carbons (Fsp3) is 0.250. The molecule has 0 aliphatic heterocycles. The van der Waals surface area contributed by atoms with Crippen LogP contribution in [-0.2, 0) is 6.54 Å². The second-order valence-corrected chi connectivity index (χ2v) is 4.45. The Morgan fingerprint density at radius 2 is 1.95 bits per heavy atom. The van der Waals surface area contributed by atoms with Crippen molar-refractivity contribution in [3.8, 4) is 0 Å². The van der Waals surface area contributed by atoms with Gasteiger partial charge in [-0.05, 0) is 24.6 Å². The number of aromatic nitrogens is 1. The molecular weight excluding hydrogens is 250 g/mol. The molecule has 0 aliphatic rings. The summed E-state index contributed by atoms with van der Waals surface area (Å²) in [4.78, 5) is 18.6. The van der Waals surface area contributed by atoms with Crippen molar-refractivity contribution in [2.24, 2.45) is 0 Å². The van der Waals surface area contributed by atoms with Gasteiger partial charge in [-0.3, -0.25) is 4.79 Å². The predicted octanol–water partition coefficient (Wildman–Crippen LogP) is 2.79. The van der Waals surface area contributed by atoms with Crippen LogP contribution in [0.3, 0.4) is 0 Å². The lowest BCUT2D eigenvalue weighted by Gasteiger charge is -2.22. The lowest BCUT2D eigenvalue weighted by molar-refractivity contribution is 0.0753. The third kappa shape index (κ3) is 3.15. The van der Waals surface area contributed by atoms with Crippen molar-refractivity contribution in [1.82, 2.24) is 9.88 Å². The van der Waals surface area contributed by atoms with Gasteiger partial charge in [0.1, 0.15) is 5.82 Å². The number of pyridine rings is 1. The average Bonchev–Trinajstić information content (AvgIpc) is 2.53. The van der Waals surface area contributed by atoms with Gasteiger partial charge in [-0.15, -0.1) is 0 Å². The standard InChI is InChI=1S/C16H19N3O/c1-3-19(12-13-8-5-4-6-9-13)16(20)14-10-7-11-18-15(14)17-2/h4-11H,3,12H2,1-2H3,(H,17,18). The normalized spacial score (nSPS) is 10.1. The molecule has 1 aromatic heterocycles. The number of carbonyl (C=O) groups excluding carboxylic acids is 1. The summed E-state index contributed by atoms with van der Waals surface area (Å²) >= 11 is 0. The van der Waals surface area contributed by atoms with Crippen LogP contribution < -0.4 is 5.32 Å². The molecule has 0 bridgehead atoms. The number of anilines is 1. The van der Waals surface area contributed by atoms with Gasteiger partial charge in [0.25, 0.3) is 5.91 Å². The van der Waals surface area contributed by atoms with E-state index >= 15 is 0 Å². The molecule has 20 heavy (non-hydrogen) atoms. The highest BCUT2D eigenvalue weighted by molar-refractivity contribution is 5.98. The van der Waals surface area contributed by atoms with Crippen LogP contribution in [0, 0.1) is 0 Å². The number of carbonyl (C=O) groups is 1. The van der Waals surface area contributed by atoms with Gasteiger partial charge < -0.3 is 10.2 Å². The van der Waals surface area contributed by atoms with Gasteiger partial charge in [-0.25, -0.2) is 4.98 Å². The maximum atomic E-state index is 12.6. The van der Waals surface area contributed by atoms with E-state index in [0.717, 1.165) is 5.56 Å². The molecule has 0 saturated heterocycles. The molecular formula is C16H19N3O. The Morgan fingerprint density at radius 1 is 1.20 bits per heavy atom. The summed E-state index contributed by atoms with van der Waals surface area (Å²) in [5.41, 5.74) is 1.73. The first kappa shape index (κ1) is 14.1. The number of hydrogen-bond acceptors (Lipinski definition) is 3. The molecule has 1 aromatic carbocycles. The number of benzene rings is 1. The Balaban J connectivity index is 2.21. The molecule has 0 unspecified atom stereocenters. The minimum Gasteiger partial charge on any atom is -0.372 e. The van der Waals surface area contributed by atoms with Crippen LogP contribution in [0.15, 0.2) is 48.7 Å². The lowest BCUT2D eigenvalue weighted by atomic mass is 10.1. The first-order chi connectivity index (χ1) is 9.76. The van der Waals surface area contributed by atoms with E-state index in [1.165, 1.54) is 0 Å². The lowest BCUT2D eigenvalue weighted by Crippen LogP contribution is -2.31. The Kier molecular flexibility index (Phi) is 4.71. The number of nitrogens with one attached hydrogen (secondary N) is 1. The molecule has 0 saturated carbocycles. The minimum absolute atomic E-state index is 0.00574. The molecule has 0 radical (unpaired) electrons. The van der Waals surface area contributed by atoms with Crippen LogP contribution >= 0.6 is 0 Å². The second-order valence-electron chi connectivity index (χ2n) is 4.45. The zero-order chi connectivity index (χ0) is 14.4. The summed E-state index contributed by atoms with van der Waals surface area (Å²) in [6.45, 7) is 3.25. The molecule has 0 atom stereocenters. The van der Waals surface area contributed by atoms with Crippen molar-refractivity contribution in [3.05, 3.63) is 59.8 Å². The summed E-state index contributed by atoms with van der Waals surface area (Å²) in [6.07, 6.45) is 1.68. The topological polar surface area (TPSA) is 45.2 Å². The smallest absolute Gasteiger partial charge is 0.257 e. The highest BCUT2D eigenvalue weighted by atomic mass is 16.2. The van der Waals surface area contributed by atoms with Crippen molar-refractivity contribution in [1.29, 1.82) is 0 Å². The van der Waals surface area contributed by atoms with Crippen LogP contribution in [0.2, 0.25) is 0 Å². The minimum atomic E-state index is -0.00574. The van der Waals surface area contributed by atoms with Crippen LogP contribution in [-0.4, -0.2) is 29.4 Å². The van der Waals surface area contributed by atoms with Crippen molar-refractivity contribution in [2.75, 3.05) is 18.9 Å². The highest BCUT2D eigenvalue weighted by Crippen LogP contribution is 2.15. The van der Waals surface area contributed by atoms with E-state index in [-0.39, 0.29) is 5.91 Å². The molecule has 4 heteroatoms. The SMILES string of the molecule is CCN(Cc1ccccc1)C(=O)c1cccnc1NC. The van der Waals surface area contributed by atoms with Gasteiger partial charge in [-0.2, -0.15) is 0 Å². The molecule has 1 amide bonds. The zero-order valence-electron chi connectivity index (χ0n) is 11.8. The second kappa shape index (κ2) is 6.70. The molecule has 104 valence electrons. The van der Waals surface area contributed by atoms with Crippen molar-refractivity contribution in [3.63, 3.8) is 0 Å². The van der Waals surface area contributed by atoms with E-state index in [9.17, 15) is 4.79 Å². The first-order valence-corrected chi connectivity index (χ1v) is 6.72. The summed E-state index contributed by atoms with van der Waals surface area (Å²) in [6, 6.07) is 13.6. The third-order valence-corrected chi connectivity index (χ3v) is 3.16. The Hall–Kier alpha value is -2.36. The molecule has 1 N–H and O–H groups in total. The van der Waals surface area contributed by atoms with Gasteiger partial charge in [0.15, 0.2) is 0 Å². The zero-order valence-corrected chi connectivity index (χ0v) is 11.8. The van der Waals surface area contributed by atoms with E-state index in [1.807, 2.05) is 42.2 Å².